The number of carbonyl (C=O) groups is 1. The van der Waals surface area contributed by atoms with E-state index in [4.69, 9.17) is 10.5 Å². The number of hydrogen-bond donors (Lipinski definition) is 2. The second kappa shape index (κ2) is 8.13. The number of benzene rings is 1. The number of anilines is 1. The van der Waals surface area contributed by atoms with Crippen LogP contribution >= 0.6 is 0 Å². The molecule has 1 aromatic heterocycles. The number of nitrogens with zero attached hydrogens (tertiary/aromatic N) is 1. The van der Waals surface area contributed by atoms with E-state index in [-0.39, 0.29) is 35.7 Å². The van der Waals surface area contributed by atoms with Crippen LogP contribution in [0.4, 0.5) is 23.2 Å². The third kappa shape index (κ3) is 5.69. The Labute approximate surface area is 147 Å². The van der Waals surface area contributed by atoms with Crippen molar-refractivity contribution >= 4 is 11.6 Å². The standard InChI is InChI=1S/C17H17F4N3O2/c1-10(22)2-6-15(25)24-12-4-5-14(13(18)8-12)26-16-7-3-11(9-23-16)17(19,20)21/h3-5,7-10H,2,6,22H2,1H3,(H,24,25). The Morgan fingerprint density at radius 1 is 1.31 bits per heavy atom. The number of nitrogens with one attached hydrogen (secondary N) is 1. The Morgan fingerprint density at radius 2 is 2.04 bits per heavy atom. The fourth-order valence-corrected chi connectivity index (χ4v) is 1.96. The predicted octanol–water partition coefficient (Wildman–Crippen LogP) is 4.10. The summed E-state index contributed by atoms with van der Waals surface area (Å²) in [5, 5.41) is 2.52. The monoisotopic (exact) mass is 371 g/mol. The van der Waals surface area contributed by atoms with E-state index in [0.29, 0.717) is 12.6 Å². The summed E-state index contributed by atoms with van der Waals surface area (Å²) in [7, 11) is 0. The number of hydrogen-bond acceptors (Lipinski definition) is 4. The molecule has 0 saturated heterocycles. The second-order valence-corrected chi connectivity index (χ2v) is 5.69. The molecule has 0 bridgehead atoms. The van der Waals surface area contributed by atoms with Crippen LogP contribution in [0.5, 0.6) is 11.6 Å². The summed E-state index contributed by atoms with van der Waals surface area (Å²) in [5.74, 6) is -1.52. The molecule has 0 spiro atoms. The largest absolute Gasteiger partial charge is 0.436 e. The van der Waals surface area contributed by atoms with E-state index in [1.165, 1.54) is 12.1 Å². The van der Waals surface area contributed by atoms with Crippen molar-refractivity contribution in [2.24, 2.45) is 5.73 Å². The van der Waals surface area contributed by atoms with Gasteiger partial charge in [-0.1, -0.05) is 0 Å². The lowest BCUT2D eigenvalue weighted by Gasteiger charge is -2.10. The smallest absolute Gasteiger partial charge is 0.417 e. The summed E-state index contributed by atoms with van der Waals surface area (Å²) in [5.41, 5.74) is 4.85. The van der Waals surface area contributed by atoms with Gasteiger partial charge in [-0.3, -0.25) is 4.79 Å². The van der Waals surface area contributed by atoms with Gasteiger partial charge in [-0.05, 0) is 31.5 Å². The molecule has 0 aliphatic heterocycles. The number of pyridine rings is 1. The second-order valence-electron chi connectivity index (χ2n) is 5.69. The maximum atomic E-state index is 14.1. The summed E-state index contributed by atoms with van der Waals surface area (Å²) in [4.78, 5) is 15.2. The van der Waals surface area contributed by atoms with Gasteiger partial charge in [0.05, 0.1) is 5.56 Å². The van der Waals surface area contributed by atoms with Crippen LogP contribution in [0, 0.1) is 5.82 Å². The summed E-state index contributed by atoms with van der Waals surface area (Å²) in [6.07, 6.45) is -3.22. The molecule has 1 amide bonds. The van der Waals surface area contributed by atoms with Gasteiger partial charge < -0.3 is 15.8 Å². The van der Waals surface area contributed by atoms with Crippen LogP contribution in [0.1, 0.15) is 25.3 Å². The van der Waals surface area contributed by atoms with Crippen molar-refractivity contribution in [3.63, 3.8) is 0 Å². The highest BCUT2D eigenvalue weighted by atomic mass is 19.4. The molecule has 0 saturated carbocycles. The first-order valence-corrected chi connectivity index (χ1v) is 7.71. The van der Waals surface area contributed by atoms with Crippen LogP contribution in [-0.4, -0.2) is 16.9 Å². The Bertz CT molecular complexity index is 762. The fourth-order valence-electron chi connectivity index (χ4n) is 1.96. The first-order chi connectivity index (χ1) is 12.1. The molecule has 140 valence electrons. The van der Waals surface area contributed by atoms with Gasteiger partial charge in [0.25, 0.3) is 0 Å². The maximum Gasteiger partial charge on any atom is 0.417 e. The molecule has 0 fully saturated rings. The highest BCUT2D eigenvalue weighted by Gasteiger charge is 2.30. The zero-order valence-electron chi connectivity index (χ0n) is 13.8. The van der Waals surface area contributed by atoms with Crippen LogP contribution < -0.4 is 15.8 Å². The average molecular weight is 371 g/mol. The highest BCUT2D eigenvalue weighted by Crippen LogP contribution is 2.31. The molecular weight excluding hydrogens is 354 g/mol. The number of aromatic nitrogens is 1. The van der Waals surface area contributed by atoms with Crippen LogP contribution in [0.25, 0.3) is 0 Å². The third-order valence-corrected chi connectivity index (χ3v) is 3.32. The van der Waals surface area contributed by atoms with E-state index in [0.717, 1.165) is 18.2 Å². The highest BCUT2D eigenvalue weighted by molar-refractivity contribution is 5.90. The number of rotatable bonds is 6. The summed E-state index contributed by atoms with van der Waals surface area (Å²) >= 11 is 0. The van der Waals surface area contributed by atoms with Gasteiger partial charge in [0.2, 0.25) is 11.8 Å². The molecule has 26 heavy (non-hydrogen) atoms. The first-order valence-electron chi connectivity index (χ1n) is 7.71. The van der Waals surface area contributed by atoms with Gasteiger partial charge in [0.15, 0.2) is 11.6 Å². The van der Waals surface area contributed by atoms with Gasteiger partial charge in [0.1, 0.15) is 0 Å². The van der Waals surface area contributed by atoms with Gasteiger partial charge in [-0.15, -0.1) is 0 Å². The first kappa shape index (κ1) is 19.6. The maximum absolute atomic E-state index is 14.1. The molecule has 1 aromatic carbocycles. The fraction of sp³-hybridized carbons (Fsp3) is 0.294. The molecule has 3 N–H and O–H groups in total. The molecule has 0 aliphatic carbocycles. The quantitative estimate of drug-likeness (QED) is 0.750. The van der Waals surface area contributed by atoms with Gasteiger partial charge in [-0.2, -0.15) is 13.2 Å². The molecule has 9 heteroatoms. The lowest BCUT2D eigenvalue weighted by Crippen LogP contribution is -2.19. The lowest BCUT2D eigenvalue weighted by molar-refractivity contribution is -0.137. The summed E-state index contributed by atoms with van der Waals surface area (Å²) in [6.45, 7) is 1.77. The number of ether oxygens (including phenoxy) is 1. The van der Waals surface area contributed by atoms with Crippen LogP contribution in [0.3, 0.4) is 0 Å². The molecule has 0 aliphatic rings. The van der Waals surface area contributed by atoms with Crippen molar-refractivity contribution in [3.8, 4) is 11.6 Å². The Morgan fingerprint density at radius 3 is 2.58 bits per heavy atom. The molecule has 2 rings (SSSR count). The molecule has 1 heterocycles. The zero-order valence-corrected chi connectivity index (χ0v) is 13.8. The Balaban J connectivity index is 2.02. The average Bonchev–Trinajstić information content (AvgIpc) is 2.55. The lowest BCUT2D eigenvalue weighted by atomic mass is 10.2. The van der Waals surface area contributed by atoms with E-state index in [1.54, 1.807) is 6.92 Å². The number of halogens is 4. The zero-order chi connectivity index (χ0) is 19.3. The SMILES string of the molecule is CC(N)CCC(=O)Nc1ccc(Oc2ccc(C(F)(F)F)cn2)c(F)c1. The van der Waals surface area contributed by atoms with Crippen molar-refractivity contribution < 1.29 is 27.1 Å². The molecule has 1 atom stereocenters. The van der Waals surface area contributed by atoms with E-state index in [1.807, 2.05) is 0 Å². The minimum atomic E-state index is -4.52. The molecular formula is C17H17F4N3O2. The molecule has 0 radical (unpaired) electrons. The topological polar surface area (TPSA) is 77.2 Å². The van der Waals surface area contributed by atoms with Crippen molar-refractivity contribution in [2.45, 2.75) is 32.0 Å². The molecule has 2 aromatic rings. The van der Waals surface area contributed by atoms with Gasteiger partial charge >= 0.3 is 6.18 Å². The van der Waals surface area contributed by atoms with Gasteiger partial charge in [-0.25, -0.2) is 9.37 Å². The van der Waals surface area contributed by atoms with Crippen molar-refractivity contribution in [2.75, 3.05) is 5.32 Å². The van der Waals surface area contributed by atoms with Crippen molar-refractivity contribution in [1.29, 1.82) is 0 Å². The van der Waals surface area contributed by atoms with Gasteiger partial charge in [0, 0.05) is 36.5 Å². The number of alkyl halides is 3. The number of amides is 1. The van der Waals surface area contributed by atoms with Crippen LogP contribution in [0.2, 0.25) is 0 Å². The Kier molecular flexibility index (Phi) is 6.14. The third-order valence-electron chi connectivity index (χ3n) is 3.32. The van der Waals surface area contributed by atoms with Crippen LogP contribution in [0.15, 0.2) is 36.5 Å². The normalized spacial score (nSPS) is 12.5. The number of nitrogens with two attached hydrogens (primary N) is 1. The Hall–Kier alpha value is -2.68. The van der Waals surface area contributed by atoms with Crippen LogP contribution in [-0.2, 0) is 11.0 Å². The summed E-state index contributed by atoms with van der Waals surface area (Å²) in [6, 6.07) is 5.36. The summed E-state index contributed by atoms with van der Waals surface area (Å²) < 4.78 is 56.6. The minimum Gasteiger partial charge on any atom is -0.436 e. The predicted molar refractivity (Wildman–Crippen MR) is 87.2 cm³/mol. The van der Waals surface area contributed by atoms with E-state index in [2.05, 4.69) is 10.3 Å². The van der Waals surface area contributed by atoms with E-state index >= 15 is 0 Å². The van der Waals surface area contributed by atoms with E-state index in [9.17, 15) is 22.4 Å². The van der Waals surface area contributed by atoms with E-state index < -0.39 is 17.6 Å². The van der Waals surface area contributed by atoms with Crippen molar-refractivity contribution in [3.05, 3.63) is 47.9 Å². The molecule has 5 nitrogen and oxygen atoms in total. The molecule has 1 unspecified atom stereocenters. The minimum absolute atomic E-state index is 0.121. The number of carbonyl (C=O) groups excluding carboxylic acids is 1. The van der Waals surface area contributed by atoms with Crippen molar-refractivity contribution in [1.82, 2.24) is 4.98 Å².